The molecule has 6 rings (SSSR count). The summed E-state index contributed by atoms with van der Waals surface area (Å²) in [7, 11) is 0. The van der Waals surface area contributed by atoms with Crippen molar-refractivity contribution in [2.45, 2.75) is 64.1 Å². The van der Waals surface area contributed by atoms with Crippen molar-refractivity contribution in [1.29, 1.82) is 0 Å². The fourth-order valence-corrected chi connectivity index (χ4v) is 5.98. The van der Waals surface area contributed by atoms with Crippen LogP contribution in [0.4, 0.5) is 17.2 Å². The van der Waals surface area contributed by atoms with Gasteiger partial charge in [-0.1, -0.05) is 43.5 Å². The second-order valence-corrected chi connectivity index (χ2v) is 12.1. The molecule has 0 atom stereocenters. The van der Waals surface area contributed by atoms with E-state index in [1.165, 1.54) is 56.8 Å². The van der Waals surface area contributed by atoms with E-state index in [9.17, 15) is 9.59 Å². The number of amides is 1. The first-order valence-corrected chi connectivity index (χ1v) is 15.3. The van der Waals surface area contributed by atoms with Gasteiger partial charge in [0.25, 0.3) is 5.91 Å². The number of anilines is 3. The molecule has 0 spiro atoms. The third-order valence-electron chi connectivity index (χ3n) is 8.72. The van der Waals surface area contributed by atoms with Crippen LogP contribution in [0.5, 0.6) is 0 Å². The molecule has 9 heteroatoms. The summed E-state index contributed by atoms with van der Waals surface area (Å²) in [6.45, 7) is 3.69. The first kappa shape index (κ1) is 28.2. The molecule has 9 nitrogen and oxygen atoms in total. The van der Waals surface area contributed by atoms with Crippen LogP contribution in [-0.2, 0) is 17.9 Å². The molecule has 220 valence electrons. The fourth-order valence-electron chi connectivity index (χ4n) is 5.98. The number of benzene rings is 2. The highest BCUT2D eigenvalue weighted by Crippen LogP contribution is 2.34. The molecule has 0 bridgehead atoms. The molecule has 0 unspecified atom stereocenters. The van der Waals surface area contributed by atoms with Crippen molar-refractivity contribution in [3.63, 3.8) is 0 Å². The number of aliphatic carboxylic acids is 1. The minimum absolute atomic E-state index is 0.226. The molecule has 3 aromatic rings. The van der Waals surface area contributed by atoms with Crippen molar-refractivity contribution in [3.8, 4) is 0 Å². The molecule has 2 aliphatic carbocycles. The number of carboxylic acids is 1. The van der Waals surface area contributed by atoms with Crippen LogP contribution in [0.3, 0.4) is 0 Å². The lowest BCUT2D eigenvalue weighted by Gasteiger charge is -2.36. The third-order valence-corrected chi connectivity index (χ3v) is 8.72. The van der Waals surface area contributed by atoms with E-state index in [1.54, 1.807) is 0 Å². The van der Waals surface area contributed by atoms with Crippen molar-refractivity contribution >= 4 is 29.1 Å². The van der Waals surface area contributed by atoms with Crippen molar-refractivity contribution in [1.82, 2.24) is 14.9 Å². The van der Waals surface area contributed by atoms with Crippen LogP contribution < -0.4 is 15.5 Å². The van der Waals surface area contributed by atoms with Gasteiger partial charge in [0.05, 0.1) is 5.92 Å². The molecule has 1 aliphatic heterocycles. The number of hydrogen-bond donors (Lipinski definition) is 3. The standard InChI is InChI=1S/C33H40N6O3/c40-32(30-16-31(36-22-35-30)39(19-25-6-7-25)29-4-2-1-3-5-29)37-28-14-8-23(9-15-28)17-34-27-12-10-24(11-13-27)18-38-20-26(21-38)33(41)42/h8-16,22,25-26,29,34H,1-7,17-21H2,(H,37,40)(H,41,42). The molecular weight excluding hydrogens is 528 g/mol. The summed E-state index contributed by atoms with van der Waals surface area (Å²) in [5.41, 5.74) is 4.41. The maximum atomic E-state index is 13.1. The summed E-state index contributed by atoms with van der Waals surface area (Å²) in [5.74, 6) is 0.453. The molecule has 2 aromatic carbocycles. The largest absolute Gasteiger partial charge is 0.481 e. The fraction of sp³-hybridized carbons (Fsp3) is 0.455. The number of aromatic nitrogens is 2. The number of rotatable bonds is 12. The van der Waals surface area contributed by atoms with Gasteiger partial charge in [-0.05, 0) is 67.0 Å². The summed E-state index contributed by atoms with van der Waals surface area (Å²) < 4.78 is 0. The predicted octanol–water partition coefficient (Wildman–Crippen LogP) is 5.41. The molecule has 1 amide bonds. The van der Waals surface area contributed by atoms with Crippen molar-refractivity contribution in [3.05, 3.63) is 77.7 Å². The molecule has 2 heterocycles. The molecule has 1 saturated heterocycles. The van der Waals surface area contributed by atoms with E-state index in [2.05, 4.69) is 54.7 Å². The lowest BCUT2D eigenvalue weighted by molar-refractivity contribution is -0.147. The average Bonchev–Trinajstić information content (AvgIpc) is 3.82. The predicted molar refractivity (Wildman–Crippen MR) is 164 cm³/mol. The van der Waals surface area contributed by atoms with Gasteiger partial charge in [0.2, 0.25) is 0 Å². The molecular formula is C33H40N6O3. The van der Waals surface area contributed by atoms with Gasteiger partial charge in [-0.2, -0.15) is 0 Å². The van der Waals surface area contributed by atoms with E-state index in [1.807, 2.05) is 30.3 Å². The maximum Gasteiger partial charge on any atom is 0.309 e. The van der Waals surface area contributed by atoms with Gasteiger partial charge < -0.3 is 20.6 Å². The Balaban J connectivity index is 0.999. The number of nitrogens with zero attached hydrogens (tertiary/aromatic N) is 4. The zero-order chi connectivity index (χ0) is 28.9. The summed E-state index contributed by atoms with van der Waals surface area (Å²) in [6.07, 6.45) is 10.3. The monoisotopic (exact) mass is 568 g/mol. The lowest BCUT2D eigenvalue weighted by Crippen LogP contribution is -2.49. The van der Waals surface area contributed by atoms with Gasteiger partial charge >= 0.3 is 5.97 Å². The highest BCUT2D eigenvalue weighted by molar-refractivity contribution is 6.03. The first-order chi connectivity index (χ1) is 20.5. The van der Waals surface area contributed by atoms with E-state index in [0.29, 0.717) is 31.4 Å². The van der Waals surface area contributed by atoms with E-state index < -0.39 is 5.97 Å². The molecule has 0 radical (unpaired) electrons. The number of carbonyl (C=O) groups excluding carboxylic acids is 1. The average molecular weight is 569 g/mol. The van der Waals surface area contributed by atoms with Gasteiger partial charge in [0.15, 0.2) is 0 Å². The van der Waals surface area contributed by atoms with Gasteiger partial charge in [-0.15, -0.1) is 0 Å². The molecule has 2 saturated carbocycles. The SMILES string of the molecule is O=C(Nc1ccc(CNc2ccc(CN3CC(C(=O)O)C3)cc2)cc1)c1cc(N(CC2CC2)C2CCCCC2)ncn1. The second kappa shape index (κ2) is 12.9. The van der Waals surface area contributed by atoms with Crippen molar-refractivity contribution in [2.75, 3.05) is 35.2 Å². The van der Waals surface area contributed by atoms with E-state index in [0.717, 1.165) is 41.8 Å². The zero-order valence-corrected chi connectivity index (χ0v) is 24.0. The first-order valence-electron chi connectivity index (χ1n) is 15.3. The van der Waals surface area contributed by atoms with Gasteiger partial charge in [0.1, 0.15) is 17.8 Å². The minimum Gasteiger partial charge on any atom is -0.481 e. The molecule has 3 aliphatic rings. The third kappa shape index (κ3) is 7.26. The Bertz CT molecular complexity index is 1360. The molecule has 3 fully saturated rings. The number of likely N-dealkylation sites (tertiary alicyclic amines) is 1. The van der Waals surface area contributed by atoms with Crippen molar-refractivity contribution in [2.24, 2.45) is 11.8 Å². The lowest BCUT2D eigenvalue weighted by atomic mass is 9.94. The summed E-state index contributed by atoms with van der Waals surface area (Å²) in [5, 5.41) is 15.5. The van der Waals surface area contributed by atoms with E-state index in [-0.39, 0.29) is 11.8 Å². The Morgan fingerprint density at radius 2 is 1.57 bits per heavy atom. The molecule has 1 aromatic heterocycles. The normalized spacial score (nSPS) is 17.8. The van der Waals surface area contributed by atoms with Crippen LogP contribution in [0.2, 0.25) is 0 Å². The summed E-state index contributed by atoms with van der Waals surface area (Å²) >= 11 is 0. The number of hydrogen-bond acceptors (Lipinski definition) is 7. The summed E-state index contributed by atoms with van der Waals surface area (Å²) in [4.78, 5) is 37.5. The molecule has 3 N–H and O–H groups in total. The van der Waals surface area contributed by atoms with Crippen molar-refractivity contribution < 1.29 is 14.7 Å². The Kier molecular flexibility index (Phi) is 8.65. The highest BCUT2D eigenvalue weighted by Gasteiger charge is 2.32. The zero-order valence-electron chi connectivity index (χ0n) is 24.0. The van der Waals surface area contributed by atoms with Crippen LogP contribution in [-0.4, -0.2) is 57.5 Å². The van der Waals surface area contributed by atoms with E-state index in [4.69, 9.17) is 5.11 Å². The van der Waals surface area contributed by atoms with Gasteiger partial charge in [0, 0.05) is 56.2 Å². The smallest absolute Gasteiger partial charge is 0.309 e. The topological polar surface area (TPSA) is 111 Å². The second-order valence-electron chi connectivity index (χ2n) is 12.1. The Hall–Kier alpha value is -3.98. The number of nitrogens with one attached hydrogen (secondary N) is 2. The molecule has 42 heavy (non-hydrogen) atoms. The van der Waals surface area contributed by atoms with Crippen LogP contribution in [0.25, 0.3) is 0 Å². The van der Waals surface area contributed by atoms with Crippen LogP contribution in [0.1, 0.15) is 66.6 Å². The highest BCUT2D eigenvalue weighted by atomic mass is 16.4. The summed E-state index contributed by atoms with van der Waals surface area (Å²) in [6, 6.07) is 18.5. The van der Waals surface area contributed by atoms with Gasteiger partial charge in [-0.25, -0.2) is 9.97 Å². The number of carboxylic acid groups (broad SMARTS) is 1. The quantitative estimate of drug-likeness (QED) is 0.266. The minimum atomic E-state index is -0.707. The van der Waals surface area contributed by atoms with Crippen LogP contribution >= 0.6 is 0 Å². The maximum absolute atomic E-state index is 13.1. The number of carbonyl (C=O) groups is 2. The van der Waals surface area contributed by atoms with Gasteiger partial charge in [-0.3, -0.25) is 14.5 Å². The van der Waals surface area contributed by atoms with Crippen LogP contribution in [0.15, 0.2) is 60.9 Å². The Morgan fingerprint density at radius 3 is 2.26 bits per heavy atom. The van der Waals surface area contributed by atoms with E-state index >= 15 is 0 Å². The Morgan fingerprint density at radius 1 is 0.881 bits per heavy atom. The van der Waals surface area contributed by atoms with Crippen LogP contribution in [0, 0.1) is 11.8 Å². The Labute approximate surface area is 247 Å².